The van der Waals surface area contributed by atoms with Crippen LogP contribution >= 0.6 is 22.9 Å². The van der Waals surface area contributed by atoms with Gasteiger partial charge in [0, 0.05) is 17.8 Å². The summed E-state index contributed by atoms with van der Waals surface area (Å²) in [6.07, 6.45) is 1.62. The minimum Gasteiger partial charge on any atom is -0.438 e. The molecule has 0 saturated carbocycles. The Labute approximate surface area is 201 Å². The minimum atomic E-state index is -0.282. The number of aryl methyl sites for hydroxylation is 2. The molecule has 0 radical (unpaired) electrons. The molecule has 1 aromatic carbocycles. The van der Waals surface area contributed by atoms with E-state index < -0.39 is 0 Å². The third-order valence-corrected chi connectivity index (χ3v) is 6.62. The van der Waals surface area contributed by atoms with E-state index in [4.69, 9.17) is 4.74 Å². The number of carbonyl (C=O) groups is 2. The summed E-state index contributed by atoms with van der Waals surface area (Å²) in [6, 6.07) is 12.3. The van der Waals surface area contributed by atoms with E-state index in [9.17, 15) is 9.59 Å². The summed E-state index contributed by atoms with van der Waals surface area (Å²) in [5.74, 6) is 0.707. The van der Waals surface area contributed by atoms with Crippen molar-refractivity contribution < 1.29 is 14.3 Å². The van der Waals surface area contributed by atoms with Gasteiger partial charge in [-0.25, -0.2) is 9.50 Å². The maximum absolute atomic E-state index is 12.5. The second-order valence-corrected chi connectivity index (χ2v) is 8.93. The first-order valence-electron chi connectivity index (χ1n) is 10.1. The van der Waals surface area contributed by atoms with Crippen LogP contribution in [0.5, 0.6) is 11.6 Å². The lowest BCUT2D eigenvalue weighted by Crippen LogP contribution is -2.11. The molecule has 0 aliphatic carbocycles. The highest BCUT2D eigenvalue weighted by Crippen LogP contribution is 2.24. The second kappa shape index (κ2) is 9.00. The molecule has 0 saturated heterocycles. The third kappa shape index (κ3) is 4.49. The van der Waals surface area contributed by atoms with Crippen molar-refractivity contribution in [1.82, 2.24) is 24.2 Å². The van der Waals surface area contributed by atoms with Crippen LogP contribution in [0.15, 0.2) is 54.0 Å². The van der Waals surface area contributed by atoms with Gasteiger partial charge in [0.1, 0.15) is 10.6 Å². The molecule has 0 atom stereocenters. The largest absolute Gasteiger partial charge is 0.438 e. The Kier molecular flexibility index (Phi) is 5.74. The first-order chi connectivity index (χ1) is 16.5. The van der Waals surface area contributed by atoms with E-state index >= 15 is 0 Å². The highest BCUT2D eigenvalue weighted by atomic mass is 32.1. The highest BCUT2D eigenvalue weighted by molar-refractivity contribution is 7.12. The predicted octanol–water partition coefficient (Wildman–Crippen LogP) is 4.56. The summed E-state index contributed by atoms with van der Waals surface area (Å²) in [4.78, 5) is 30.3. The Bertz CT molecular complexity index is 1520. The normalized spacial score (nSPS) is 10.9. The van der Waals surface area contributed by atoms with Crippen molar-refractivity contribution in [2.45, 2.75) is 13.8 Å². The van der Waals surface area contributed by atoms with Gasteiger partial charge in [0.25, 0.3) is 11.8 Å². The zero-order valence-corrected chi connectivity index (χ0v) is 19.6. The molecule has 0 fully saturated rings. The number of amides is 2. The molecule has 4 aromatic heterocycles. The molecule has 34 heavy (non-hydrogen) atoms. The first-order valence-corrected chi connectivity index (χ1v) is 11.7. The summed E-state index contributed by atoms with van der Waals surface area (Å²) in [5, 5.41) is 15.7. The predicted molar refractivity (Wildman–Crippen MR) is 129 cm³/mol. The van der Waals surface area contributed by atoms with Gasteiger partial charge in [0.2, 0.25) is 5.88 Å². The number of anilines is 2. The number of aromatic nitrogens is 5. The van der Waals surface area contributed by atoms with Gasteiger partial charge in [0.05, 0.1) is 16.8 Å². The molecule has 5 aromatic rings. The number of rotatable bonds is 6. The van der Waals surface area contributed by atoms with Crippen molar-refractivity contribution in [2.75, 3.05) is 10.6 Å². The summed E-state index contributed by atoms with van der Waals surface area (Å²) in [7, 11) is 0. The molecule has 0 bridgehead atoms. The molecule has 0 unspecified atom stereocenters. The zero-order chi connectivity index (χ0) is 23.7. The summed E-state index contributed by atoms with van der Waals surface area (Å²) >= 11 is 2.42. The maximum atomic E-state index is 12.5. The van der Waals surface area contributed by atoms with Gasteiger partial charge in [-0.1, -0.05) is 10.6 Å². The minimum absolute atomic E-state index is 0.212. The summed E-state index contributed by atoms with van der Waals surface area (Å²) in [5.41, 5.74) is 2.61. The van der Waals surface area contributed by atoms with E-state index in [-0.39, 0.29) is 11.8 Å². The fourth-order valence-corrected chi connectivity index (χ4v) is 4.52. The van der Waals surface area contributed by atoms with Crippen LogP contribution in [-0.2, 0) is 0 Å². The van der Waals surface area contributed by atoms with Gasteiger partial charge in [-0.05, 0) is 60.6 Å². The SMILES string of the molecule is Cc1ccsc1C(=O)Nc1cn2nc(Oc3cccc(NC(=O)c4snnc4C)c3)ccc2n1. The van der Waals surface area contributed by atoms with Gasteiger partial charge < -0.3 is 15.4 Å². The number of imidazole rings is 1. The zero-order valence-electron chi connectivity index (χ0n) is 18.0. The topological polar surface area (TPSA) is 123 Å². The van der Waals surface area contributed by atoms with E-state index in [0.29, 0.717) is 44.2 Å². The molecule has 0 aliphatic rings. The smallest absolute Gasteiger partial charge is 0.269 e. The number of ether oxygens (including phenoxy) is 1. The molecule has 4 heterocycles. The molecule has 10 nitrogen and oxygen atoms in total. The number of benzene rings is 1. The van der Waals surface area contributed by atoms with Gasteiger partial charge in [-0.3, -0.25) is 9.59 Å². The lowest BCUT2D eigenvalue weighted by atomic mass is 10.3. The first kappa shape index (κ1) is 21.7. The Hall–Kier alpha value is -4.16. The van der Waals surface area contributed by atoms with Gasteiger partial charge in [0.15, 0.2) is 11.5 Å². The average molecular weight is 492 g/mol. The maximum Gasteiger partial charge on any atom is 0.269 e. The quantitative estimate of drug-likeness (QED) is 0.357. The van der Waals surface area contributed by atoms with Crippen LogP contribution < -0.4 is 15.4 Å². The molecule has 0 aliphatic heterocycles. The van der Waals surface area contributed by atoms with E-state index in [1.165, 1.54) is 15.9 Å². The lowest BCUT2D eigenvalue weighted by molar-refractivity contribution is 0.102. The summed E-state index contributed by atoms with van der Waals surface area (Å²) < 4.78 is 11.2. The Morgan fingerprint density at radius 1 is 1.03 bits per heavy atom. The number of thiophene rings is 1. The van der Waals surface area contributed by atoms with E-state index in [1.807, 2.05) is 18.4 Å². The van der Waals surface area contributed by atoms with Crippen LogP contribution in [0.1, 0.15) is 30.6 Å². The van der Waals surface area contributed by atoms with Crippen LogP contribution in [0.25, 0.3) is 5.65 Å². The van der Waals surface area contributed by atoms with Gasteiger partial charge in [-0.2, -0.15) is 0 Å². The van der Waals surface area contributed by atoms with Crippen LogP contribution in [-0.4, -0.2) is 36.0 Å². The van der Waals surface area contributed by atoms with E-state index in [0.717, 1.165) is 17.1 Å². The van der Waals surface area contributed by atoms with Crippen molar-refractivity contribution >= 4 is 51.8 Å². The van der Waals surface area contributed by atoms with Crippen molar-refractivity contribution in [3.05, 3.63) is 75.1 Å². The van der Waals surface area contributed by atoms with E-state index in [1.54, 1.807) is 49.5 Å². The molecule has 5 rings (SSSR count). The van der Waals surface area contributed by atoms with Gasteiger partial charge >= 0.3 is 0 Å². The molecule has 12 heteroatoms. The third-order valence-electron chi connectivity index (χ3n) is 4.78. The fraction of sp³-hybridized carbons (Fsp3) is 0.0909. The van der Waals surface area contributed by atoms with Gasteiger partial charge in [-0.15, -0.1) is 21.5 Å². The number of hydrogen-bond donors (Lipinski definition) is 2. The molecule has 170 valence electrons. The van der Waals surface area contributed by atoms with Crippen LogP contribution in [0.2, 0.25) is 0 Å². The Balaban J connectivity index is 1.30. The number of nitrogens with one attached hydrogen (secondary N) is 2. The Morgan fingerprint density at radius 3 is 2.65 bits per heavy atom. The fourth-order valence-electron chi connectivity index (χ4n) is 3.14. The van der Waals surface area contributed by atoms with Crippen LogP contribution in [0.3, 0.4) is 0 Å². The highest BCUT2D eigenvalue weighted by Gasteiger charge is 2.15. The van der Waals surface area contributed by atoms with E-state index in [2.05, 4.69) is 30.3 Å². The molecule has 2 N–H and O–H groups in total. The molecular formula is C22H17N7O3S2. The number of nitrogens with zero attached hydrogens (tertiary/aromatic N) is 5. The number of hydrogen-bond acceptors (Lipinski definition) is 9. The summed E-state index contributed by atoms with van der Waals surface area (Å²) in [6.45, 7) is 3.62. The average Bonchev–Trinajstić information content (AvgIpc) is 3.53. The van der Waals surface area contributed by atoms with Crippen molar-refractivity contribution in [2.24, 2.45) is 0 Å². The van der Waals surface area contributed by atoms with Crippen molar-refractivity contribution in [1.29, 1.82) is 0 Å². The monoisotopic (exact) mass is 491 g/mol. The number of carbonyl (C=O) groups excluding carboxylic acids is 2. The molecule has 2 amide bonds. The Morgan fingerprint density at radius 2 is 1.88 bits per heavy atom. The van der Waals surface area contributed by atoms with Crippen LogP contribution in [0, 0.1) is 13.8 Å². The molecule has 0 spiro atoms. The van der Waals surface area contributed by atoms with Crippen molar-refractivity contribution in [3.8, 4) is 11.6 Å². The number of fused-ring (bicyclic) bond motifs is 1. The molecular weight excluding hydrogens is 474 g/mol. The van der Waals surface area contributed by atoms with Crippen molar-refractivity contribution in [3.63, 3.8) is 0 Å². The van der Waals surface area contributed by atoms with Crippen LogP contribution in [0.4, 0.5) is 11.5 Å². The second-order valence-electron chi connectivity index (χ2n) is 7.26. The standard InChI is InChI=1S/C22H17N7O3S2/c1-12-8-9-33-19(12)21(30)25-16-11-29-17(24-16)6-7-18(27-29)32-15-5-3-4-14(10-15)23-22(31)20-13(2)26-28-34-20/h3-11H,1-2H3,(H,23,31)(H,25,30). The lowest BCUT2D eigenvalue weighted by Gasteiger charge is -2.08.